The maximum Gasteiger partial charge on any atom is -0.0443 e. The Balaban J connectivity index is -0.0000000944. The molecule has 2 saturated carbocycles. The van der Waals surface area contributed by atoms with Crippen LogP contribution in [0, 0.1) is 11.8 Å². The molecule has 2 rings (SSSR count). The molecule has 0 spiro atoms. The minimum atomic E-state index is 1.04. The molecule has 0 amide bonds. The summed E-state index contributed by atoms with van der Waals surface area (Å²) in [7, 11) is 0. The van der Waals surface area contributed by atoms with Crippen molar-refractivity contribution in [2.24, 2.45) is 11.8 Å². The van der Waals surface area contributed by atoms with Crippen molar-refractivity contribution in [2.45, 2.75) is 127 Å². The van der Waals surface area contributed by atoms with Crippen LogP contribution in [0.5, 0.6) is 0 Å². The molecule has 0 nitrogen and oxygen atoms in total. The SMILES string of the molecule is CC.CC.CC.CC.CC1CCCC1.CC1CCCCC1. The van der Waals surface area contributed by atoms with E-state index in [1.807, 2.05) is 55.4 Å². The molecule has 0 heteroatoms. The normalized spacial score (nSPS) is 16.9. The van der Waals surface area contributed by atoms with Gasteiger partial charge in [0.15, 0.2) is 0 Å². The van der Waals surface area contributed by atoms with Crippen molar-refractivity contribution in [1.82, 2.24) is 0 Å². The van der Waals surface area contributed by atoms with Gasteiger partial charge >= 0.3 is 0 Å². The highest BCUT2D eigenvalue weighted by molar-refractivity contribution is 4.60. The topological polar surface area (TPSA) is 0 Å². The van der Waals surface area contributed by atoms with E-state index in [2.05, 4.69) is 13.8 Å². The van der Waals surface area contributed by atoms with Crippen LogP contribution in [0.3, 0.4) is 0 Å². The average Bonchev–Trinajstić information content (AvgIpc) is 3.07. The highest BCUT2D eigenvalue weighted by Crippen LogP contribution is 2.23. The first-order chi connectivity index (χ1) is 10.3. The number of hydrogen-bond donors (Lipinski definition) is 0. The summed E-state index contributed by atoms with van der Waals surface area (Å²) in [6.07, 6.45) is 13.4. The van der Waals surface area contributed by atoms with Gasteiger partial charge in [0.1, 0.15) is 0 Å². The van der Waals surface area contributed by atoms with Gasteiger partial charge in [0.25, 0.3) is 0 Å². The predicted molar refractivity (Wildman–Crippen MR) is 105 cm³/mol. The predicted octanol–water partition coefficient (Wildman–Crippen LogP) is 8.89. The molecule has 0 aromatic heterocycles. The van der Waals surface area contributed by atoms with Gasteiger partial charge in [0.2, 0.25) is 0 Å². The van der Waals surface area contributed by atoms with E-state index < -0.39 is 0 Å². The first-order valence-corrected chi connectivity index (χ1v) is 10.3. The third-order valence-electron chi connectivity index (χ3n) is 3.54. The lowest BCUT2D eigenvalue weighted by Crippen LogP contribution is -1.99. The molecular formula is C21H50. The molecule has 21 heavy (non-hydrogen) atoms. The maximum atomic E-state index is 2.36. The minimum Gasteiger partial charge on any atom is -0.0683 e. The molecule has 0 unspecified atom stereocenters. The van der Waals surface area contributed by atoms with E-state index >= 15 is 0 Å². The molecule has 0 aromatic rings. The van der Waals surface area contributed by atoms with E-state index in [4.69, 9.17) is 0 Å². The quantitative estimate of drug-likeness (QED) is 0.419. The lowest BCUT2D eigenvalue weighted by Gasteiger charge is -2.15. The first kappa shape index (κ1) is 29.1. The van der Waals surface area contributed by atoms with Gasteiger partial charge in [-0.1, -0.05) is 127 Å². The van der Waals surface area contributed by atoms with Crippen molar-refractivity contribution in [3.8, 4) is 0 Å². The first-order valence-electron chi connectivity index (χ1n) is 10.3. The lowest BCUT2D eigenvalue weighted by atomic mass is 9.91. The fraction of sp³-hybridized carbons (Fsp3) is 1.00. The second-order valence-corrected chi connectivity index (χ2v) is 5.13. The minimum absolute atomic E-state index is 1.04. The Labute approximate surface area is 139 Å². The Hall–Kier alpha value is 0. The molecule has 0 N–H and O–H groups in total. The molecule has 0 radical (unpaired) electrons. The number of hydrogen-bond acceptors (Lipinski definition) is 0. The van der Waals surface area contributed by atoms with E-state index in [9.17, 15) is 0 Å². The van der Waals surface area contributed by atoms with Crippen molar-refractivity contribution in [2.75, 3.05) is 0 Å². The van der Waals surface area contributed by atoms with Gasteiger partial charge in [0.05, 0.1) is 0 Å². The van der Waals surface area contributed by atoms with Crippen molar-refractivity contribution in [3.63, 3.8) is 0 Å². The zero-order valence-electron chi connectivity index (χ0n) is 17.5. The monoisotopic (exact) mass is 302 g/mol. The number of rotatable bonds is 0. The molecule has 0 saturated heterocycles. The van der Waals surface area contributed by atoms with Crippen LogP contribution in [0.25, 0.3) is 0 Å². The molecule has 2 fully saturated rings. The Morgan fingerprint density at radius 3 is 0.667 bits per heavy atom. The highest BCUT2D eigenvalue weighted by Gasteiger charge is 2.07. The fourth-order valence-corrected chi connectivity index (χ4v) is 2.44. The van der Waals surface area contributed by atoms with Gasteiger partial charge in [-0.25, -0.2) is 0 Å². The summed E-state index contributed by atoms with van der Waals surface area (Å²) in [4.78, 5) is 0. The Morgan fingerprint density at radius 1 is 0.381 bits per heavy atom. The smallest absolute Gasteiger partial charge is 0.0443 e. The van der Waals surface area contributed by atoms with Crippen LogP contribution >= 0.6 is 0 Å². The third kappa shape index (κ3) is 28.8. The van der Waals surface area contributed by atoms with Gasteiger partial charge in [-0.3, -0.25) is 0 Å². The molecule has 0 heterocycles. The average molecular weight is 303 g/mol. The summed E-state index contributed by atoms with van der Waals surface area (Å²) >= 11 is 0. The van der Waals surface area contributed by atoms with Crippen LogP contribution < -0.4 is 0 Å². The second kappa shape index (κ2) is 32.1. The third-order valence-corrected chi connectivity index (χ3v) is 3.54. The van der Waals surface area contributed by atoms with E-state index in [-0.39, 0.29) is 0 Å². The summed E-state index contributed by atoms with van der Waals surface area (Å²) in [5.41, 5.74) is 0. The molecule has 0 atom stereocenters. The molecule has 2 aliphatic carbocycles. The summed E-state index contributed by atoms with van der Waals surface area (Å²) in [5.74, 6) is 2.08. The van der Waals surface area contributed by atoms with E-state index in [1.54, 1.807) is 0 Å². The van der Waals surface area contributed by atoms with Crippen LogP contribution in [0.15, 0.2) is 0 Å². The van der Waals surface area contributed by atoms with Crippen molar-refractivity contribution in [3.05, 3.63) is 0 Å². The molecule has 0 aliphatic heterocycles. The molecule has 0 bridgehead atoms. The van der Waals surface area contributed by atoms with Gasteiger partial charge in [0, 0.05) is 0 Å². The van der Waals surface area contributed by atoms with E-state index in [0.717, 1.165) is 11.8 Å². The zero-order valence-corrected chi connectivity index (χ0v) is 17.5. The van der Waals surface area contributed by atoms with E-state index in [0.29, 0.717) is 0 Å². The fourth-order valence-electron chi connectivity index (χ4n) is 2.44. The molecule has 0 aromatic carbocycles. The summed E-state index contributed by atoms with van der Waals surface area (Å²) in [6.45, 7) is 20.7. The van der Waals surface area contributed by atoms with Gasteiger partial charge in [-0.15, -0.1) is 0 Å². The maximum absolute atomic E-state index is 2.36. The summed E-state index contributed by atoms with van der Waals surface area (Å²) in [5, 5.41) is 0. The van der Waals surface area contributed by atoms with E-state index in [1.165, 1.54) is 57.8 Å². The molecule has 134 valence electrons. The summed E-state index contributed by atoms with van der Waals surface area (Å²) < 4.78 is 0. The molecule has 2 aliphatic rings. The van der Waals surface area contributed by atoms with Gasteiger partial charge < -0.3 is 0 Å². The van der Waals surface area contributed by atoms with Crippen LogP contribution in [0.1, 0.15) is 127 Å². The van der Waals surface area contributed by atoms with Crippen LogP contribution in [-0.4, -0.2) is 0 Å². The lowest BCUT2D eigenvalue weighted by molar-refractivity contribution is 0.385. The Kier molecular flexibility index (Phi) is 44.4. The summed E-state index contributed by atoms with van der Waals surface area (Å²) in [6, 6.07) is 0. The van der Waals surface area contributed by atoms with Crippen molar-refractivity contribution >= 4 is 0 Å². The van der Waals surface area contributed by atoms with Crippen LogP contribution in [0.2, 0.25) is 0 Å². The zero-order chi connectivity index (χ0) is 17.5. The standard InChI is InChI=1S/C7H14.C6H12.4C2H6/c1-7-5-3-2-4-6-7;1-6-4-2-3-5-6;4*1-2/h7H,2-6H2,1H3;6H,2-5H2,1H3;4*1-2H3. The van der Waals surface area contributed by atoms with Crippen LogP contribution in [-0.2, 0) is 0 Å². The Morgan fingerprint density at radius 2 is 0.571 bits per heavy atom. The second-order valence-electron chi connectivity index (χ2n) is 5.13. The van der Waals surface area contributed by atoms with Crippen molar-refractivity contribution in [1.29, 1.82) is 0 Å². The van der Waals surface area contributed by atoms with Crippen LogP contribution in [0.4, 0.5) is 0 Å². The van der Waals surface area contributed by atoms with Gasteiger partial charge in [-0.05, 0) is 11.8 Å². The largest absolute Gasteiger partial charge is 0.0683 e. The Bertz CT molecular complexity index is 105. The highest BCUT2D eigenvalue weighted by atomic mass is 14.1. The molecular weight excluding hydrogens is 252 g/mol. The van der Waals surface area contributed by atoms with Crippen molar-refractivity contribution < 1.29 is 0 Å². The van der Waals surface area contributed by atoms with Gasteiger partial charge in [-0.2, -0.15) is 0 Å².